The van der Waals surface area contributed by atoms with Crippen LogP contribution in [0.2, 0.25) is 0 Å². The zero-order valence-electron chi connectivity index (χ0n) is 17.1. The number of nitrogens with one attached hydrogen (secondary N) is 1. The molecule has 0 saturated carbocycles. The molecule has 1 N–H and O–H groups in total. The number of aryl methyl sites for hydroxylation is 2. The zero-order chi connectivity index (χ0) is 21.1. The Morgan fingerprint density at radius 1 is 1.10 bits per heavy atom. The third kappa shape index (κ3) is 4.16. The van der Waals surface area contributed by atoms with Crippen molar-refractivity contribution < 1.29 is 23.5 Å². The molecule has 2 aromatic carbocycles. The Hall–Kier alpha value is -3.32. The highest BCUT2D eigenvalue weighted by molar-refractivity contribution is 6.11. The van der Waals surface area contributed by atoms with Crippen LogP contribution in [0.1, 0.15) is 21.7 Å². The van der Waals surface area contributed by atoms with Crippen LogP contribution in [0.5, 0.6) is 5.75 Å². The molecule has 0 aliphatic carbocycles. The van der Waals surface area contributed by atoms with E-state index in [1.54, 1.807) is 11.0 Å². The largest absolute Gasteiger partial charge is 0.483 e. The van der Waals surface area contributed by atoms with Crippen LogP contribution >= 0.6 is 0 Å². The third-order valence-corrected chi connectivity index (χ3v) is 5.05. The fourth-order valence-corrected chi connectivity index (χ4v) is 3.41. The summed E-state index contributed by atoms with van der Waals surface area (Å²) in [5, 5.41) is 3.50. The number of carbonyl (C=O) groups excluding carboxylic acids is 2. The van der Waals surface area contributed by atoms with Crippen LogP contribution < -0.4 is 10.1 Å². The summed E-state index contributed by atoms with van der Waals surface area (Å²) in [7, 11) is 0. The van der Waals surface area contributed by atoms with E-state index in [0.29, 0.717) is 48.7 Å². The number of fused-ring (bicyclic) bond motifs is 1. The van der Waals surface area contributed by atoms with Crippen molar-refractivity contribution >= 4 is 28.5 Å². The number of para-hydroxylation sites is 1. The van der Waals surface area contributed by atoms with Gasteiger partial charge in [0, 0.05) is 18.5 Å². The number of nitrogens with zero attached hydrogens (tertiary/aromatic N) is 1. The lowest BCUT2D eigenvalue weighted by Gasteiger charge is -2.26. The molecule has 30 heavy (non-hydrogen) atoms. The van der Waals surface area contributed by atoms with E-state index >= 15 is 0 Å². The molecule has 1 fully saturated rings. The minimum atomic E-state index is -0.363. The number of ether oxygens (including phenoxy) is 2. The van der Waals surface area contributed by atoms with E-state index in [9.17, 15) is 9.59 Å². The average Bonchev–Trinajstić information content (AvgIpc) is 3.13. The number of morpholine rings is 1. The van der Waals surface area contributed by atoms with Crippen LogP contribution in [-0.2, 0) is 9.53 Å². The Morgan fingerprint density at radius 3 is 2.67 bits per heavy atom. The van der Waals surface area contributed by atoms with Gasteiger partial charge >= 0.3 is 0 Å². The Morgan fingerprint density at radius 2 is 1.87 bits per heavy atom. The maximum atomic E-state index is 13.0. The summed E-state index contributed by atoms with van der Waals surface area (Å²) in [6.07, 6.45) is 0. The Bertz CT molecular complexity index is 1080. The number of amides is 2. The number of carbonyl (C=O) groups is 2. The molecule has 156 valence electrons. The predicted octanol–water partition coefficient (Wildman–Crippen LogP) is 3.54. The van der Waals surface area contributed by atoms with Crippen LogP contribution in [0, 0.1) is 13.8 Å². The van der Waals surface area contributed by atoms with Gasteiger partial charge in [0.1, 0.15) is 17.0 Å². The molecule has 0 spiro atoms. The molecule has 4 rings (SSSR count). The van der Waals surface area contributed by atoms with E-state index in [0.717, 1.165) is 11.1 Å². The predicted molar refractivity (Wildman–Crippen MR) is 113 cm³/mol. The van der Waals surface area contributed by atoms with Gasteiger partial charge in [-0.3, -0.25) is 9.59 Å². The van der Waals surface area contributed by atoms with Gasteiger partial charge in [0.15, 0.2) is 6.61 Å². The van der Waals surface area contributed by atoms with Crippen molar-refractivity contribution in [2.24, 2.45) is 0 Å². The summed E-state index contributed by atoms with van der Waals surface area (Å²) < 4.78 is 16.8. The highest BCUT2D eigenvalue weighted by Gasteiger charge is 2.27. The molecule has 0 radical (unpaired) electrons. The molecule has 1 aliphatic heterocycles. The van der Waals surface area contributed by atoms with Crippen LogP contribution in [0.4, 0.5) is 5.69 Å². The first-order valence-electron chi connectivity index (χ1n) is 9.91. The van der Waals surface area contributed by atoms with E-state index < -0.39 is 0 Å². The average molecular weight is 408 g/mol. The van der Waals surface area contributed by atoms with Crippen molar-refractivity contribution in [1.29, 1.82) is 0 Å². The molecular formula is C23H24N2O5. The second-order valence-electron chi connectivity index (χ2n) is 7.31. The number of benzene rings is 2. The normalized spacial score (nSPS) is 14.0. The molecule has 7 heteroatoms. The van der Waals surface area contributed by atoms with E-state index in [-0.39, 0.29) is 24.2 Å². The summed E-state index contributed by atoms with van der Waals surface area (Å²) in [5.41, 5.74) is 2.91. The molecule has 2 heterocycles. The van der Waals surface area contributed by atoms with Crippen molar-refractivity contribution in [3.63, 3.8) is 0 Å². The lowest BCUT2D eigenvalue weighted by molar-refractivity contribution is -0.118. The fraction of sp³-hybridized carbons (Fsp3) is 0.304. The van der Waals surface area contributed by atoms with Crippen LogP contribution in [0.3, 0.4) is 0 Å². The highest BCUT2D eigenvalue weighted by atomic mass is 16.5. The lowest BCUT2D eigenvalue weighted by atomic mass is 10.1. The van der Waals surface area contributed by atoms with Gasteiger partial charge in [0.05, 0.1) is 13.2 Å². The Balaban J connectivity index is 1.55. The summed E-state index contributed by atoms with van der Waals surface area (Å²) in [5.74, 6) is 0.156. The molecule has 1 aliphatic rings. The van der Waals surface area contributed by atoms with Crippen LogP contribution in [0.25, 0.3) is 11.0 Å². The first-order valence-corrected chi connectivity index (χ1v) is 9.91. The minimum absolute atomic E-state index is 0.123. The van der Waals surface area contributed by atoms with Gasteiger partial charge in [-0.15, -0.1) is 0 Å². The van der Waals surface area contributed by atoms with Gasteiger partial charge in [-0.2, -0.15) is 0 Å². The Labute approximate surface area is 174 Å². The lowest BCUT2D eigenvalue weighted by Crippen LogP contribution is -2.40. The second-order valence-corrected chi connectivity index (χ2v) is 7.31. The van der Waals surface area contributed by atoms with Gasteiger partial charge in [-0.25, -0.2) is 0 Å². The van der Waals surface area contributed by atoms with Crippen molar-refractivity contribution in [2.45, 2.75) is 13.8 Å². The third-order valence-electron chi connectivity index (χ3n) is 5.05. The van der Waals surface area contributed by atoms with Crippen LogP contribution in [0.15, 0.2) is 46.9 Å². The molecule has 0 bridgehead atoms. The first kappa shape index (κ1) is 20.0. The number of hydrogen-bond donors (Lipinski definition) is 1. The number of furan rings is 1. The molecule has 7 nitrogen and oxygen atoms in total. The monoisotopic (exact) mass is 408 g/mol. The molecular weight excluding hydrogens is 384 g/mol. The van der Waals surface area contributed by atoms with Gasteiger partial charge in [-0.05, 0) is 43.2 Å². The van der Waals surface area contributed by atoms with Gasteiger partial charge in [0.2, 0.25) is 5.76 Å². The van der Waals surface area contributed by atoms with Gasteiger partial charge in [0.25, 0.3) is 11.8 Å². The molecule has 0 atom stereocenters. The number of rotatable bonds is 5. The van der Waals surface area contributed by atoms with E-state index in [2.05, 4.69) is 5.32 Å². The summed E-state index contributed by atoms with van der Waals surface area (Å²) in [6.45, 7) is 5.66. The van der Waals surface area contributed by atoms with E-state index in [1.165, 1.54) is 0 Å². The topological polar surface area (TPSA) is 81.0 Å². The maximum absolute atomic E-state index is 13.0. The summed E-state index contributed by atoms with van der Waals surface area (Å²) in [4.78, 5) is 27.3. The highest BCUT2D eigenvalue weighted by Crippen LogP contribution is 2.32. The van der Waals surface area contributed by atoms with E-state index in [4.69, 9.17) is 13.9 Å². The first-order chi connectivity index (χ1) is 14.5. The molecule has 0 unspecified atom stereocenters. The maximum Gasteiger partial charge on any atom is 0.291 e. The molecule has 2 amide bonds. The number of anilines is 1. The molecule has 3 aromatic rings. The van der Waals surface area contributed by atoms with Crippen molar-refractivity contribution in [3.8, 4) is 5.75 Å². The van der Waals surface area contributed by atoms with Gasteiger partial charge in [-0.1, -0.05) is 24.3 Å². The quantitative estimate of drug-likeness (QED) is 0.698. The van der Waals surface area contributed by atoms with Crippen molar-refractivity contribution in [3.05, 3.63) is 59.4 Å². The minimum Gasteiger partial charge on any atom is -0.483 e. The van der Waals surface area contributed by atoms with E-state index in [1.807, 2.05) is 50.2 Å². The molecule has 1 saturated heterocycles. The van der Waals surface area contributed by atoms with Gasteiger partial charge < -0.3 is 24.1 Å². The standard InChI is InChI=1S/C23H24N2O5/c1-15-7-8-16(2)19(13-15)29-14-20(26)24-21-17-5-3-4-6-18(17)30-22(21)23(27)25-9-11-28-12-10-25/h3-8,13H,9-12,14H2,1-2H3,(H,24,26). The second kappa shape index (κ2) is 8.59. The summed E-state index contributed by atoms with van der Waals surface area (Å²) in [6, 6.07) is 13.1. The SMILES string of the molecule is Cc1ccc(C)c(OCC(=O)Nc2c(C(=O)N3CCOCC3)oc3ccccc23)c1. The zero-order valence-corrected chi connectivity index (χ0v) is 17.1. The fourth-order valence-electron chi connectivity index (χ4n) is 3.41. The molecule has 1 aromatic heterocycles. The van der Waals surface area contributed by atoms with Crippen LogP contribution in [-0.4, -0.2) is 49.6 Å². The smallest absolute Gasteiger partial charge is 0.291 e. The Kier molecular flexibility index (Phi) is 5.72. The summed E-state index contributed by atoms with van der Waals surface area (Å²) >= 11 is 0. The van der Waals surface area contributed by atoms with Crippen molar-refractivity contribution in [2.75, 3.05) is 38.2 Å². The number of hydrogen-bond acceptors (Lipinski definition) is 5. The van der Waals surface area contributed by atoms with Crippen molar-refractivity contribution in [1.82, 2.24) is 4.90 Å².